The zero-order chi connectivity index (χ0) is 20.0. The Morgan fingerprint density at radius 2 is 1.83 bits per heavy atom. The second kappa shape index (κ2) is 7.03. The van der Waals surface area contributed by atoms with Gasteiger partial charge in [-0.05, 0) is 29.0 Å². The number of nitrogens with zero attached hydrogens (tertiary/aromatic N) is 2. The van der Waals surface area contributed by atoms with E-state index in [1.165, 1.54) is 12.4 Å². The van der Waals surface area contributed by atoms with E-state index in [1.807, 2.05) is 30.3 Å². The minimum Gasteiger partial charge on any atom is -0.472 e. The van der Waals surface area contributed by atoms with Gasteiger partial charge in [0, 0.05) is 22.0 Å². The summed E-state index contributed by atoms with van der Waals surface area (Å²) in [5, 5.41) is 4.32. The van der Waals surface area contributed by atoms with Crippen molar-refractivity contribution in [2.24, 2.45) is 0 Å². The summed E-state index contributed by atoms with van der Waals surface area (Å²) in [6.45, 7) is 0.117. The van der Waals surface area contributed by atoms with Gasteiger partial charge in [-0.25, -0.2) is 14.8 Å². The number of halogens is 2. The number of hydrogen-bond acceptors (Lipinski definition) is 5. The van der Waals surface area contributed by atoms with E-state index in [1.54, 1.807) is 18.2 Å². The molecule has 0 atom stereocenters. The quantitative estimate of drug-likeness (QED) is 0.272. The number of ether oxygens (including phenoxy) is 1. The topological polar surface area (TPSA) is 65.2 Å². The maximum atomic E-state index is 12.1. The predicted octanol–water partition coefficient (Wildman–Crippen LogP) is 5.78. The van der Waals surface area contributed by atoms with Crippen molar-refractivity contribution in [1.82, 2.24) is 9.97 Å². The van der Waals surface area contributed by atoms with Crippen molar-refractivity contribution in [3.05, 3.63) is 87.0 Å². The van der Waals surface area contributed by atoms with Crippen LogP contribution in [0.5, 0.6) is 5.88 Å². The van der Waals surface area contributed by atoms with Gasteiger partial charge in [0.1, 0.15) is 18.5 Å². The number of fused-ring (bicyclic) bond motifs is 4. The van der Waals surface area contributed by atoms with Gasteiger partial charge in [-0.2, -0.15) is 0 Å². The number of hydrogen-bond donors (Lipinski definition) is 0. The molecule has 2 heterocycles. The molecular weight excluding hydrogens is 411 g/mol. The van der Waals surface area contributed by atoms with Crippen molar-refractivity contribution in [2.75, 3.05) is 0 Å². The Balaban J connectivity index is 1.64. The first-order valence-corrected chi connectivity index (χ1v) is 9.53. The van der Waals surface area contributed by atoms with Gasteiger partial charge in [-0.15, -0.1) is 0 Å². The average Bonchev–Trinajstić information content (AvgIpc) is 2.71. The van der Waals surface area contributed by atoms with Crippen LogP contribution in [0.15, 0.2) is 70.1 Å². The Kier molecular flexibility index (Phi) is 4.34. The third kappa shape index (κ3) is 3.18. The van der Waals surface area contributed by atoms with Crippen molar-refractivity contribution in [2.45, 2.75) is 6.61 Å². The molecule has 5 rings (SSSR count). The van der Waals surface area contributed by atoms with Gasteiger partial charge < -0.3 is 9.15 Å². The monoisotopic (exact) mass is 422 g/mol. The third-order valence-electron chi connectivity index (χ3n) is 4.70. The van der Waals surface area contributed by atoms with E-state index < -0.39 is 5.63 Å². The van der Waals surface area contributed by atoms with Gasteiger partial charge in [-0.3, -0.25) is 0 Å². The molecule has 5 aromatic rings. The smallest absolute Gasteiger partial charge is 0.336 e. The van der Waals surface area contributed by atoms with Gasteiger partial charge >= 0.3 is 5.63 Å². The fraction of sp³-hybridized carbons (Fsp3) is 0.0455. The molecule has 3 aromatic carbocycles. The molecule has 0 bridgehead atoms. The Morgan fingerprint density at radius 3 is 2.72 bits per heavy atom. The maximum absolute atomic E-state index is 12.1. The van der Waals surface area contributed by atoms with E-state index in [4.69, 9.17) is 32.4 Å². The molecule has 7 heteroatoms. The molecule has 5 nitrogen and oxygen atoms in total. The summed E-state index contributed by atoms with van der Waals surface area (Å²) in [5.74, 6) is 0.334. The third-order valence-corrected chi connectivity index (χ3v) is 5.21. The zero-order valence-corrected chi connectivity index (χ0v) is 16.4. The summed E-state index contributed by atoms with van der Waals surface area (Å²) < 4.78 is 11.4. The van der Waals surface area contributed by atoms with Gasteiger partial charge in [0.2, 0.25) is 5.88 Å². The molecule has 0 saturated heterocycles. The van der Waals surface area contributed by atoms with Gasteiger partial charge in [0.25, 0.3) is 0 Å². The molecule has 0 aliphatic carbocycles. The molecule has 2 aromatic heterocycles. The Morgan fingerprint density at radius 1 is 0.966 bits per heavy atom. The minimum absolute atomic E-state index is 0.117. The Bertz CT molecular complexity index is 1460. The van der Waals surface area contributed by atoms with Crippen LogP contribution in [0.2, 0.25) is 10.0 Å². The van der Waals surface area contributed by atoms with Gasteiger partial charge in [0.15, 0.2) is 0 Å². The fourth-order valence-corrected chi connectivity index (χ4v) is 4.01. The molecule has 0 saturated carbocycles. The van der Waals surface area contributed by atoms with Crippen molar-refractivity contribution < 1.29 is 9.15 Å². The van der Waals surface area contributed by atoms with E-state index in [2.05, 4.69) is 9.97 Å². The van der Waals surface area contributed by atoms with E-state index in [0.29, 0.717) is 38.0 Å². The number of rotatable bonds is 3. The summed E-state index contributed by atoms with van der Waals surface area (Å²) in [7, 11) is 0. The van der Waals surface area contributed by atoms with E-state index in [-0.39, 0.29) is 6.61 Å². The van der Waals surface area contributed by atoms with Gasteiger partial charge in [-0.1, -0.05) is 53.5 Å². The van der Waals surface area contributed by atoms with Crippen molar-refractivity contribution >= 4 is 55.8 Å². The van der Waals surface area contributed by atoms with Gasteiger partial charge in [0.05, 0.1) is 15.9 Å². The second-order valence-corrected chi connectivity index (χ2v) is 7.35. The Labute approximate surface area is 174 Å². The van der Waals surface area contributed by atoms with Crippen LogP contribution >= 0.6 is 23.2 Å². The highest BCUT2D eigenvalue weighted by atomic mass is 35.5. The first kappa shape index (κ1) is 17.9. The zero-order valence-electron chi connectivity index (χ0n) is 14.9. The fourth-order valence-electron chi connectivity index (χ4n) is 3.46. The van der Waals surface area contributed by atoms with Crippen LogP contribution in [0.25, 0.3) is 32.6 Å². The lowest BCUT2D eigenvalue weighted by molar-refractivity contribution is 0.298. The largest absolute Gasteiger partial charge is 0.472 e. The molecular formula is C22H12Cl2N2O3. The summed E-state index contributed by atoms with van der Waals surface area (Å²) in [4.78, 5) is 20.5. The summed E-state index contributed by atoms with van der Waals surface area (Å²) in [6, 6.07) is 16.4. The molecule has 0 radical (unpaired) electrons. The highest BCUT2D eigenvalue weighted by Crippen LogP contribution is 2.32. The van der Waals surface area contributed by atoms with Crippen molar-refractivity contribution in [3.8, 4) is 5.88 Å². The lowest BCUT2D eigenvalue weighted by atomic mass is 10.0. The van der Waals surface area contributed by atoms with Crippen LogP contribution < -0.4 is 10.4 Å². The second-order valence-electron chi connectivity index (χ2n) is 6.50. The molecule has 0 unspecified atom stereocenters. The lowest BCUT2D eigenvalue weighted by Gasteiger charge is -2.11. The number of aromatic nitrogens is 2. The van der Waals surface area contributed by atoms with E-state index in [9.17, 15) is 4.79 Å². The lowest BCUT2D eigenvalue weighted by Crippen LogP contribution is -2.05. The highest BCUT2D eigenvalue weighted by molar-refractivity contribution is 6.38. The van der Waals surface area contributed by atoms with Crippen LogP contribution in [-0.2, 0) is 6.61 Å². The van der Waals surface area contributed by atoms with Crippen molar-refractivity contribution in [3.63, 3.8) is 0 Å². The molecule has 0 aliphatic heterocycles. The number of benzene rings is 3. The van der Waals surface area contributed by atoms with Crippen LogP contribution in [-0.4, -0.2) is 9.97 Å². The van der Waals surface area contributed by atoms with Crippen LogP contribution in [0.1, 0.15) is 5.56 Å². The van der Waals surface area contributed by atoms with E-state index in [0.717, 1.165) is 16.2 Å². The molecule has 142 valence electrons. The molecule has 0 N–H and O–H groups in total. The molecule has 29 heavy (non-hydrogen) atoms. The maximum Gasteiger partial charge on any atom is 0.336 e. The molecule has 0 spiro atoms. The van der Waals surface area contributed by atoms with Crippen LogP contribution in [0, 0.1) is 0 Å². The Hall–Kier alpha value is -3.15. The first-order valence-electron chi connectivity index (χ1n) is 8.77. The summed E-state index contributed by atoms with van der Waals surface area (Å²) >= 11 is 12.4. The summed E-state index contributed by atoms with van der Waals surface area (Å²) in [6.07, 6.45) is 1.38. The SMILES string of the molecule is O=c1cc(COc2ncnc3c(Cl)cc(Cl)cc23)c2c(ccc3ccccc32)o1. The standard InChI is InChI=1S/C22H12Cl2N2O3/c23-14-8-16-21(17(24)9-14)25-11-26-22(16)28-10-13-7-19(27)29-18-6-5-12-3-1-2-4-15(12)20(13)18/h1-9,11H,10H2. The van der Waals surface area contributed by atoms with Crippen molar-refractivity contribution in [1.29, 1.82) is 0 Å². The van der Waals surface area contributed by atoms with Crippen LogP contribution in [0.3, 0.4) is 0 Å². The molecule has 0 fully saturated rings. The predicted molar refractivity (Wildman–Crippen MR) is 114 cm³/mol. The normalized spacial score (nSPS) is 11.4. The average molecular weight is 423 g/mol. The minimum atomic E-state index is -0.440. The van der Waals surface area contributed by atoms with Crippen LogP contribution in [0.4, 0.5) is 0 Å². The highest BCUT2D eigenvalue weighted by Gasteiger charge is 2.13. The molecule has 0 amide bonds. The first-order chi connectivity index (χ1) is 14.1. The van der Waals surface area contributed by atoms with E-state index >= 15 is 0 Å². The molecule has 0 aliphatic rings. The summed E-state index contributed by atoms with van der Waals surface area (Å²) in [5.41, 5.74) is 1.32.